The lowest BCUT2D eigenvalue weighted by Gasteiger charge is -2.20. The first-order valence-corrected chi connectivity index (χ1v) is 8.60. The summed E-state index contributed by atoms with van der Waals surface area (Å²) in [5.74, 6) is -0.442. The monoisotopic (exact) mass is 329 g/mol. The normalized spacial score (nSPS) is 14.7. The van der Waals surface area contributed by atoms with Crippen LogP contribution in [-0.4, -0.2) is 28.9 Å². The number of carbonyl (C=O) groups is 2. The molecular formula is C19H27N3O2. The molecule has 24 heavy (non-hydrogen) atoms. The molecule has 0 bridgehead atoms. The standard InChI is InChI=1S/C19H27N3O2/c1-19(2,3)22-17(23)15-10-12-20-16(13-15)18(24)21-11-9-14-7-5-4-6-8-14/h7,10,12-13H,4-6,8-9,11H2,1-3H3,(H,21,24)(H,22,23). The lowest BCUT2D eigenvalue weighted by atomic mass is 9.97. The van der Waals surface area contributed by atoms with Crippen LogP contribution in [0.2, 0.25) is 0 Å². The number of rotatable bonds is 5. The summed E-state index contributed by atoms with van der Waals surface area (Å²) in [5.41, 5.74) is 1.82. The van der Waals surface area contributed by atoms with Gasteiger partial charge in [-0.2, -0.15) is 0 Å². The zero-order valence-electron chi connectivity index (χ0n) is 14.8. The van der Waals surface area contributed by atoms with E-state index in [-0.39, 0.29) is 23.0 Å². The van der Waals surface area contributed by atoms with Gasteiger partial charge in [0, 0.05) is 23.8 Å². The average Bonchev–Trinajstić information content (AvgIpc) is 2.54. The molecule has 1 aliphatic rings. The Labute approximate surface area is 143 Å². The van der Waals surface area contributed by atoms with Gasteiger partial charge in [0.15, 0.2) is 0 Å². The van der Waals surface area contributed by atoms with Crippen LogP contribution in [0.4, 0.5) is 0 Å². The maximum absolute atomic E-state index is 12.2. The van der Waals surface area contributed by atoms with Crippen molar-refractivity contribution in [3.8, 4) is 0 Å². The number of pyridine rings is 1. The van der Waals surface area contributed by atoms with Crippen LogP contribution in [0.15, 0.2) is 30.0 Å². The van der Waals surface area contributed by atoms with E-state index in [4.69, 9.17) is 0 Å². The number of carbonyl (C=O) groups excluding carboxylic acids is 2. The molecule has 2 amide bonds. The predicted octanol–water partition coefficient (Wildman–Crippen LogP) is 3.23. The minimum atomic E-state index is -0.323. The van der Waals surface area contributed by atoms with Crippen molar-refractivity contribution < 1.29 is 9.59 Å². The summed E-state index contributed by atoms with van der Waals surface area (Å²) in [5, 5.41) is 5.77. The van der Waals surface area contributed by atoms with E-state index in [1.54, 1.807) is 6.07 Å². The number of hydrogen-bond acceptors (Lipinski definition) is 3. The number of nitrogens with zero attached hydrogens (tertiary/aromatic N) is 1. The van der Waals surface area contributed by atoms with E-state index >= 15 is 0 Å². The fourth-order valence-corrected chi connectivity index (χ4v) is 2.67. The summed E-state index contributed by atoms with van der Waals surface area (Å²) >= 11 is 0. The summed E-state index contributed by atoms with van der Waals surface area (Å²) in [6.07, 6.45) is 9.46. The van der Waals surface area contributed by atoms with Crippen molar-refractivity contribution in [2.75, 3.05) is 6.54 Å². The molecule has 5 heteroatoms. The Bertz CT molecular complexity index is 630. The fourth-order valence-electron chi connectivity index (χ4n) is 2.67. The molecule has 5 nitrogen and oxygen atoms in total. The van der Waals surface area contributed by atoms with Crippen LogP contribution >= 0.6 is 0 Å². The van der Waals surface area contributed by atoms with Crippen molar-refractivity contribution in [2.45, 2.75) is 58.4 Å². The first kappa shape index (κ1) is 18.2. The molecular weight excluding hydrogens is 302 g/mol. The van der Waals surface area contributed by atoms with E-state index in [1.165, 1.54) is 30.7 Å². The summed E-state index contributed by atoms with van der Waals surface area (Å²) in [6, 6.07) is 3.15. The van der Waals surface area contributed by atoms with Gasteiger partial charge in [0.1, 0.15) is 5.69 Å². The molecule has 1 heterocycles. The van der Waals surface area contributed by atoms with E-state index in [1.807, 2.05) is 20.8 Å². The summed E-state index contributed by atoms with van der Waals surface area (Å²) in [7, 11) is 0. The Balaban J connectivity index is 1.91. The van der Waals surface area contributed by atoms with Gasteiger partial charge >= 0.3 is 0 Å². The Morgan fingerprint density at radius 2 is 2.00 bits per heavy atom. The summed E-state index contributed by atoms with van der Waals surface area (Å²) in [4.78, 5) is 28.5. The van der Waals surface area contributed by atoms with E-state index in [9.17, 15) is 9.59 Å². The molecule has 0 fully saturated rings. The van der Waals surface area contributed by atoms with E-state index < -0.39 is 0 Å². The molecule has 130 valence electrons. The lowest BCUT2D eigenvalue weighted by molar-refractivity contribution is 0.0919. The van der Waals surface area contributed by atoms with Gasteiger partial charge in [-0.15, -0.1) is 0 Å². The van der Waals surface area contributed by atoms with Crippen LogP contribution in [-0.2, 0) is 0 Å². The zero-order chi connectivity index (χ0) is 17.6. The van der Waals surface area contributed by atoms with Crippen molar-refractivity contribution in [1.82, 2.24) is 15.6 Å². The SMILES string of the molecule is CC(C)(C)NC(=O)c1ccnc(C(=O)NCCC2=CCCCC2)c1. The second-order valence-corrected chi connectivity index (χ2v) is 7.25. The third kappa shape index (κ3) is 5.80. The quantitative estimate of drug-likeness (QED) is 0.815. The Kier molecular flexibility index (Phi) is 6.12. The topological polar surface area (TPSA) is 71.1 Å². The Morgan fingerprint density at radius 1 is 1.21 bits per heavy atom. The molecule has 1 aromatic heterocycles. The van der Waals surface area contributed by atoms with Gasteiger partial charge in [-0.1, -0.05) is 11.6 Å². The molecule has 2 rings (SSSR count). The largest absolute Gasteiger partial charge is 0.350 e. The highest BCUT2D eigenvalue weighted by Crippen LogP contribution is 2.19. The highest BCUT2D eigenvalue weighted by atomic mass is 16.2. The maximum Gasteiger partial charge on any atom is 0.269 e. The van der Waals surface area contributed by atoms with Crippen molar-refractivity contribution in [2.24, 2.45) is 0 Å². The van der Waals surface area contributed by atoms with Gasteiger partial charge in [0.2, 0.25) is 0 Å². The van der Waals surface area contributed by atoms with Crippen molar-refractivity contribution in [1.29, 1.82) is 0 Å². The molecule has 0 aliphatic heterocycles. The van der Waals surface area contributed by atoms with Crippen LogP contribution in [0.5, 0.6) is 0 Å². The summed E-state index contributed by atoms with van der Waals surface area (Å²) in [6.45, 7) is 6.35. The van der Waals surface area contributed by atoms with Crippen LogP contribution in [0.1, 0.15) is 73.7 Å². The Hall–Kier alpha value is -2.17. The van der Waals surface area contributed by atoms with Crippen molar-refractivity contribution in [3.05, 3.63) is 41.2 Å². The molecule has 0 saturated heterocycles. The minimum Gasteiger partial charge on any atom is -0.350 e. The molecule has 0 radical (unpaired) electrons. The van der Waals surface area contributed by atoms with E-state index in [2.05, 4.69) is 21.7 Å². The van der Waals surface area contributed by atoms with E-state index in [0.29, 0.717) is 12.1 Å². The minimum absolute atomic E-state index is 0.202. The predicted molar refractivity (Wildman–Crippen MR) is 95.0 cm³/mol. The molecule has 1 aliphatic carbocycles. The van der Waals surface area contributed by atoms with Crippen molar-refractivity contribution in [3.63, 3.8) is 0 Å². The molecule has 2 N–H and O–H groups in total. The first-order valence-electron chi connectivity index (χ1n) is 8.60. The van der Waals surface area contributed by atoms with Gasteiger partial charge in [0.25, 0.3) is 11.8 Å². The third-order valence-corrected chi connectivity index (χ3v) is 3.86. The maximum atomic E-state index is 12.2. The average molecular weight is 329 g/mol. The number of nitrogens with one attached hydrogen (secondary N) is 2. The summed E-state index contributed by atoms with van der Waals surface area (Å²) < 4.78 is 0. The molecule has 0 atom stereocenters. The molecule has 0 spiro atoms. The number of amides is 2. The second-order valence-electron chi connectivity index (χ2n) is 7.25. The van der Waals surface area contributed by atoms with Crippen molar-refractivity contribution >= 4 is 11.8 Å². The highest BCUT2D eigenvalue weighted by molar-refractivity contribution is 5.98. The second kappa shape index (κ2) is 8.08. The number of allylic oxidation sites excluding steroid dienone is 1. The van der Waals surface area contributed by atoms with Crippen LogP contribution in [0.25, 0.3) is 0 Å². The molecule has 1 aromatic rings. The van der Waals surface area contributed by atoms with Crippen LogP contribution < -0.4 is 10.6 Å². The van der Waals surface area contributed by atoms with E-state index in [0.717, 1.165) is 19.3 Å². The van der Waals surface area contributed by atoms with Gasteiger partial charge in [0.05, 0.1) is 0 Å². The number of aromatic nitrogens is 1. The highest BCUT2D eigenvalue weighted by Gasteiger charge is 2.17. The first-order chi connectivity index (χ1) is 11.3. The lowest BCUT2D eigenvalue weighted by Crippen LogP contribution is -2.40. The number of hydrogen-bond donors (Lipinski definition) is 2. The van der Waals surface area contributed by atoms with Crippen LogP contribution in [0.3, 0.4) is 0 Å². The molecule has 0 aromatic carbocycles. The molecule has 0 unspecified atom stereocenters. The van der Waals surface area contributed by atoms with Crippen LogP contribution in [0, 0.1) is 0 Å². The molecule has 0 saturated carbocycles. The fraction of sp³-hybridized carbons (Fsp3) is 0.526. The smallest absolute Gasteiger partial charge is 0.269 e. The van der Waals surface area contributed by atoms with Gasteiger partial charge < -0.3 is 10.6 Å². The van der Waals surface area contributed by atoms with Gasteiger partial charge in [-0.3, -0.25) is 14.6 Å². The zero-order valence-corrected chi connectivity index (χ0v) is 14.8. The third-order valence-electron chi connectivity index (χ3n) is 3.86. The Morgan fingerprint density at radius 3 is 2.67 bits per heavy atom. The van der Waals surface area contributed by atoms with Gasteiger partial charge in [-0.25, -0.2) is 0 Å². The van der Waals surface area contributed by atoms with Gasteiger partial charge in [-0.05, 0) is 65.0 Å².